The molecule has 2 fully saturated rings. The third-order valence-electron chi connectivity index (χ3n) is 7.43. The highest BCUT2D eigenvalue weighted by Crippen LogP contribution is 2.51. The van der Waals surface area contributed by atoms with Crippen LogP contribution in [-0.4, -0.2) is 69.8 Å². The molecular weight excluding hydrogens is 412 g/mol. The molecule has 0 bridgehead atoms. The number of Topliss-reactive ketones (excluding diaryl/α,β-unsaturated/α-hetero) is 1. The summed E-state index contributed by atoms with van der Waals surface area (Å²) in [5.41, 5.74) is 1.09. The summed E-state index contributed by atoms with van der Waals surface area (Å²) in [6.45, 7) is 3.77. The lowest BCUT2D eigenvalue weighted by Crippen LogP contribution is -2.57. The Balaban J connectivity index is 1.72. The fraction of sp³-hybridized carbons (Fsp3) is 0.583. The molecule has 174 valence electrons. The van der Waals surface area contributed by atoms with Crippen LogP contribution in [0.1, 0.15) is 36.5 Å². The first-order valence-electron chi connectivity index (χ1n) is 11.1. The highest BCUT2D eigenvalue weighted by Gasteiger charge is 2.60. The Morgan fingerprint density at radius 1 is 1.25 bits per heavy atom. The number of ether oxygens (including phenoxy) is 4. The van der Waals surface area contributed by atoms with Crippen molar-refractivity contribution in [3.05, 3.63) is 29.5 Å². The molecule has 4 rings (SSSR count). The van der Waals surface area contributed by atoms with Crippen molar-refractivity contribution in [1.29, 1.82) is 0 Å². The van der Waals surface area contributed by atoms with E-state index in [1.807, 2.05) is 6.07 Å². The third-order valence-corrected chi connectivity index (χ3v) is 7.43. The Labute approximate surface area is 188 Å². The van der Waals surface area contributed by atoms with Gasteiger partial charge in [0, 0.05) is 31.3 Å². The Morgan fingerprint density at radius 2 is 2.03 bits per heavy atom. The largest absolute Gasteiger partial charge is 0.504 e. The molecule has 2 saturated heterocycles. The van der Waals surface area contributed by atoms with E-state index in [2.05, 4.69) is 17.1 Å². The molecule has 3 aliphatic heterocycles. The van der Waals surface area contributed by atoms with Gasteiger partial charge >= 0.3 is 5.97 Å². The van der Waals surface area contributed by atoms with Gasteiger partial charge in [-0.3, -0.25) is 9.69 Å². The van der Waals surface area contributed by atoms with E-state index in [4.69, 9.17) is 18.9 Å². The van der Waals surface area contributed by atoms with Crippen LogP contribution >= 0.6 is 0 Å². The van der Waals surface area contributed by atoms with Crippen molar-refractivity contribution in [2.24, 2.45) is 11.8 Å². The number of nitrogens with one attached hydrogen (secondary N) is 1. The van der Waals surface area contributed by atoms with Gasteiger partial charge in [0.1, 0.15) is 17.0 Å². The fourth-order valence-corrected chi connectivity index (χ4v) is 5.84. The average Bonchev–Trinajstić information content (AvgIpc) is 3.32. The molecular formula is C24H32N2O6. The molecule has 0 aromatic heterocycles. The number of ketones is 1. The van der Waals surface area contributed by atoms with E-state index in [0.29, 0.717) is 35.5 Å². The number of esters is 1. The summed E-state index contributed by atoms with van der Waals surface area (Å²) < 4.78 is 21.2. The molecule has 3 heterocycles. The monoisotopic (exact) mass is 444 g/mol. The van der Waals surface area contributed by atoms with E-state index in [0.717, 1.165) is 25.2 Å². The number of methoxy groups -OCH3 is 4. The van der Waals surface area contributed by atoms with Crippen molar-refractivity contribution in [3.63, 3.8) is 0 Å². The summed E-state index contributed by atoms with van der Waals surface area (Å²) in [5, 5.41) is 3.56. The molecule has 1 N–H and O–H groups in total. The van der Waals surface area contributed by atoms with Gasteiger partial charge in [-0.25, -0.2) is 4.79 Å². The smallest absolute Gasteiger partial charge is 0.337 e. The molecule has 0 amide bonds. The summed E-state index contributed by atoms with van der Waals surface area (Å²) >= 11 is 0. The number of anilines is 1. The summed E-state index contributed by atoms with van der Waals surface area (Å²) in [6, 6.07) is 3.54. The van der Waals surface area contributed by atoms with Crippen LogP contribution in [0.3, 0.4) is 0 Å². The minimum atomic E-state index is -0.757. The number of carbonyl (C=O) groups is 2. The van der Waals surface area contributed by atoms with E-state index >= 15 is 0 Å². The van der Waals surface area contributed by atoms with Crippen LogP contribution in [0.4, 0.5) is 5.69 Å². The minimum absolute atomic E-state index is 0.0449. The molecule has 0 aliphatic carbocycles. The second-order valence-electron chi connectivity index (χ2n) is 8.75. The zero-order chi connectivity index (χ0) is 23.0. The lowest BCUT2D eigenvalue weighted by atomic mass is 9.72. The van der Waals surface area contributed by atoms with Crippen LogP contribution < -0.4 is 14.8 Å². The van der Waals surface area contributed by atoms with Crippen LogP contribution in [0.5, 0.6) is 11.5 Å². The summed E-state index contributed by atoms with van der Waals surface area (Å²) in [5.74, 6) is 1.03. The van der Waals surface area contributed by atoms with Gasteiger partial charge in [-0.15, -0.1) is 0 Å². The molecule has 0 radical (unpaired) electrons. The maximum absolute atomic E-state index is 13.9. The molecule has 1 aromatic carbocycles. The van der Waals surface area contributed by atoms with Gasteiger partial charge < -0.3 is 24.3 Å². The van der Waals surface area contributed by atoms with E-state index in [-0.39, 0.29) is 29.6 Å². The molecule has 0 unspecified atom stereocenters. The lowest BCUT2D eigenvalue weighted by Gasteiger charge is -2.45. The summed E-state index contributed by atoms with van der Waals surface area (Å²) in [6.07, 6.45) is 3.78. The molecule has 32 heavy (non-hydrogen) atoms. The quantitative estimate of drug-likeness (QED) is 0.407. The molecule has 4 atom stereocenters. The molecule has 8 heteroatoms. The van der Waals surface area contributed by atoms with E-state index in [9.17, 15) is 9.59 Å². The number of nitrogens with zero attached hydrogens (tertiary/aromatic N) is 1. The van der Waals surface area contributed by atoms with Crippen molar-refractivity contribution in [1.82, 2.24) is 4.90 Å². The second-order valence-corrected chi connectivity index (χ2v) is 8.75. The number of benzene rings is 1. The standard InChI is InChI=1S/C24H32N2O6/c1-6-14-12-26-8-7-24(20(26)11-16(14)17(13-29-2)23(28)32-5)22(27)21-18(25-24)9-15(30-3)10-19(21)31-4/h9-10,13-14,16,20,25H,6-8,11-12H2,1-5H3/b17-13+/t14-,16+,20+,24+/m1/s1. The topological polar surface area (TPSA) is 86.3 Å². The summed E-state index contributed by atoms with van der Waals surface area (Å²) in [4.78, 5) is 28.8. The Kier molecular flexibility index (Phi) is 6.07. The van der Waals surface area contributed by atoms with Crippen molar-refractivity contribution < 1.29 is 28.5 Å². The van der Waals surface area contributed by atoms with Gasteiger partial charge in [0.25, 0.3) is 0 Å². The number of carbonyl (C=O) groups excluding carboxylic acids is 2. The Hall–Kier alpha value is -2.74. The first-order chi connectivity index (χ1) is 15.4. The van der Waals surface area contributed by atoms with Gasteiger partial charge in [-0.05, 0) is 24.7 Å². The third kappa shape index (κ3) is 3.32. The predicted molar refractivity (Wildman–Crippen MR) is 119 cm³/mol. The van der Waals surface area contributed by atoms with Crippen molar-refractivity contribution >= 4 is 17.4 Å². The van der Waals surface area contributed by atoms with Gasteiger partial charge in [-0.1, -0.05) is 13.3 Å². The normalized spacial score (nSPS) is 29.3. The summed E-state index contributed by atoms with van der Waals surface area (Å²) in [7, 11) is 6.08. The average molecular weight is 445 g/mol. The number of piperidine rings is 1. The number of rotatable bonds is 6. The number of hydrogen-bond donors (Lipinski definition) is 1. The molecule has 3 aliphatic rings. The van der Waals surface area contributed by atoms with Gasteiger partial charge in [0.2, 0.25) is 0 Å². The van der Waals surface area contributed by atoms with E-state index in [1.54, 1.807) is 20.3 Å². The number of hydrogen-bond acceptors (Lipinski definition) is 8. The van der Waals surface area contributed by atoms with Crippen LogP contribution in [-0.2, 0) is 14.3 Å². The second kappa shape index (κ2) is 8.65. The number of fused-ring (bicyclic) bond motifs is 3. The molecule has 8 nitrogen and oxygen atoms in total. The molecule has 1 aromatic rings. The Morgan fingerprint density at radius 3 is 2.66 bits per heavy atom. The van der Waals surface area contributed by atoms with Crippen molar-refractivity contribution in [3.8, 4) is 11.5 Å². The fourth-order valence-electron chi connectivity index (χ4n) is 5.84. The van der Waals surface area contributed by atoms with E-state index in [1.165, 1.54) is 20.5 Å². The maximum atomic E-state index is 13.9. The van der Waals surface area contributed by atoms with Gasteiger partial charge in [0.05, 0.1) is 51.5 Å². The molecule has 0 saturated carbocycles. The first-order valence-corrected chi connectivity index (χ1v) is 11.1. The van der Waals surface area contributed by atoms with Crippen LogP contribution in [0, 0.1) is 11.8 Å². The predicted octanol–water partition coefficient (Wildman–Crippen LogP) is 2.87. The highest BCUT2D eigenvalue weighted by atomic mass is 16.5. The maximum Gasteiger partial charge on any atom is 0.337 e. The van der Waals surface area contributed by atoms with Crippen molar-refractivity contribution in [2.75, 3.05) is 46.8 Å². The van der Waals surface area contributed by atoms with Gasteiger partial charge in [0.15, 0.2) is 5.78 Å². The zero-order valence-electron chi connectivity index (χ0n) is 19.4. The lowest BCUT2D eigenvalue weighted by molar-refractivity contribution is -0.137. The minimum Gasteiger partial charge on any atom is -0.504 e. The highest BCUT2D eigenvalue weighted by molar-refractivity contribution is 6.16. The van der Waals surface area contributed by atoms with Gasteiger partial charge in [-0.2, -0.15) is 0 Å². The SMILES string of the molecule is CC[C@@H]1CN2CC[C@]3(Nc4cc(OC)cc(OC)c4C3=O)[C@@H]2C[C@@H]1/C(=C\OC)C(=O)OC. The van der Waals surface area contributed by atoms with E-state index < -0.39 is 5.54 Å². The van der Waals surface area contributed by atoms with Crippen LogP contribution in [0.15, 0.2) is 24.0 Å². The van der Waals surface area contributed by atoms with Crippen LogP contribution in [0.25, 0.3) is 0 Å². The zero-order valence-corrected chi connectivity index (χ0v) is 19.4. The van der Waals surface area contributed by atoms with Crippen LogP contribution in [0.2, 0.25) is 0 Å². The molecule has 1 spiro atoms. The van der Waals surface area contributed by atoms with Crippen molar-refractivity contribution in [2.45, 2.75) is 37.8 Å². The Bertz CT molecular complexity index is 945. The first kappa shape index (κ1) is 22.5.